The van der Waals surface area contributed by atoms with Crippen LogP contribution >= 0.6 is 21.6 Å². The number of carbonyl (C=O) groups excluding carboxylic acids is 9. The summed E-state index contributed by atoms with van der Waals surface area (Å²) < 4.78 is -1.36. The van der Waals surface area contributed by atoms with Gasteiger partial charge in [-0.05, 0) is 98.5 Å². The Labute approximate surface area is 488 Å². The molecule has 9 amide bonds. The fraction of sp³-hybridized carbons (Fsp3) is 0.429. The third-order valence-electron chi connectivity index (χ3n) is 13.4. The van der Waals surface area contributed by atoms with Crippen molar-refractivity contribution in [3.05, 3.63) is 114 Å². The molecule has 448 valence electrons. The van der Waals surface area contributed by atoms with Crippen molar-refractivity contribution >= 4 is 91.5 Å². The summed E-state index contributed by atoms with van der Waals surface area (Å²) in [5.41, 5.74) is 30.6. The topological polar surface area (TPSA) is 433 Å². The number of carbonyl (C=O) groups is 9. The molecule has 8 atom stereocenters. The van der Waals surface area contributed by atoms with E-state index in [0.29, 0.717) is 29.5 Å². The number of aromatic hydroxyl groups is 1. The summed E-state index contributed by atoms with van der Waals surface area (Å²) in [5, 5.41) is 43.1. The highest BCUT2D eigenvalue weighted by Crippen LogP contribution is 2.39. The van der Waals surface area contributed by atoms with Crippen LogP contribution in [0.1, 0.15) is 62.6 Å². The fourth-order valence-electron chi connectivity index (χ4n) is 8.76. The van der Waals surface area contributed by atoms with Crippen LogP contribution in [0.3, 0.4) is 0 Å². The van der Waals surface area contributed by atoms with Gasteiger partial charge in [0.2, 0.25) is 53.2 Å². The number of aliphatic imine (C=N–C) groups is 1. The van der Waals surface area contributed by atoms with E-state index >= 15 is 0 Å². The second-order valence-electron chi connectivity index (χ2n) is 20.4. The molecule has 0 aromatic heterocycles. The first kappa shape index (κ1) is 65.8. The van der Waals surface area contributed by atoms with Gasteiger partial charge in [-0.3, -0.25) is 48.1 Å². The smallest absolute Gasteiger partial charge is 0.245 e. The van der Waals surface area contributed by atoms with Gasteiger partial charge in [-0.2, -0.15) is 0 Å². The zero-order valence-electron chi connectivity index (χ0n) is 46.3. The highest BCUT2D eigenvalue weighted by molar-refractivity contribution is 8.77. The van der Waals surface area contributed by atoms with E-state index in [1.165, 1.54) is 12.1 Å². The van der Waals surface area contributed by atoms with E-state index in [1.807, 2.05) is 36.4 Å². The molecular weight excluding hydrogens is 1110 g/mol. The minimum Gasteiger partial charge on any atom is -0.508 e. The summed E-state index contributed by atoms with van der Waals surface area (Å²) in [6.45, 7) is 1.93. The summed E-state index contributed by atoms with van der Waals surface area (Å²) in [6, 6.07) is 16.2. The number of unbranched alkanes of at least 4 members (excludes halogenated alkanes) is 1. The van der Waals surface area contributed by atoms with Crippen LogP contribution in [0.5, 0.6) is 5.75 Å². The number of amides is 9. The zero-order chi connectivity index (χ0) is 60.6. The Morgan fingerprint density at radius 3 is 2.00 bits per heavy atom. The predicted molar refractivity (Wildman–Crippen MR) is 317 cm³/mol. The van der Waals surface area contributed by atoms with Crippen LogP contribution in [0, 0.1) is 0 Å². The van der Waals surface area contributed by atoms with Gasteiger partial charge in [0.15, 0.2) is 5.96 Å². The van der Waals surface area contributed by atoms with E-state index in [0.717, 1.165) is 32.4 Å². The van der Waals surface area contributed by atoms with E-state index in [4.69, 9.17) is 28.7 Å². The lowest BCUT2D eigenvalue weighted by Crippen LogP contribution is -2.62. The number of hydrogen-bond acceptors (Lipinski definition) is 16. The first-order chi connectivity index (χ1) is 39.6. The second-order valence-corrected chi connectivity index (χ2v) is 23.4. The zero-order valence-corrected chi connectivity index (χ0v) is 47.9. The number of nitrogens with two attached hydrogens (primary N) is 5. The van der Waals surface area contributed by atoms with Crippen LogP contribution < -0.4 is 71.2 Å². The fourth-order valence-corrected chi connectivity index (χ4v) is 11.6. The molecule has 4 aromatic rings. The Bertz CT molecular complexity index is 2920. The summed E-state index contributed by atoms with van der Waals surface area (Å²) in [6.07, 6.45) is 0.821. The normalized spacial score (nSPS) is 20.3. The molecule has 1 fully saturated rings. The molecular formula is C56H76N14O11S2. The molecule has 0 unspecified atom stereocenters. The molecule has 83 heavy (non-hydrogen) atoms. The Morgan fingerprint density at radius 2 is 1.33 bits per heavy atom. The molecule has 0 radical (unpaired) electrons. The lowest BCUT2D eigenvalue weighted by molar-refractivity contribution is -0.135. The Balaban J connectivity index is 1.56. The van der Waals surface area contributed by atoms with Gasteiger partial charge in [-0.15, -0.1) is 0 Å². The maximum atomic E-state index is 15.0. The third-order valence-corrected chi connectivity index (χ3v) is 16.7. The van der Waals surface area contributed by atoms with Crippen molar-refractivity contribution in [3.8, 4) is 5.75 Å². The quantitative estimate of drug-likeness (QED) is 0.0179. The molecule has 5 rings (SSSR count). The van der Waals surface area contributed by atoms with Gasteiger partial charge < -0.3 is 81.4 Å². The second kappa shape index (κ2) is 32.6. The van der Waals surface area contributed by atoms with Crippen LogP contribution in [0.2, 0.25) is 0 Å². The molecule has 1 aliphatic heterocycles. The number of rotatable bonds is 22. The summed E-state index contributed by atoms with van der Waals surface area (Å²) >= 11 is 0. The average Bonchev–Trinajstić information content (AvgIpc) is 3.66. The molecule has 0 saturated carbocycles. The van der Waals surface area contributed by atoms with E-state index < -0.39 is 119 Å². The highest BCUT2D eigenvalue weighted by Gasteiger charge is 2.41. The standard InChI is InChI=1S/C56H76N14O11S2/c1-56(2)46(70-48(75)38(58)26-33-18-21-37(72)22-19-33)54(81)68-41(28-34-17-20-35-13-6-7-14-36(35)25-34)49(76)63-29-45(73)64-43(30-71)52(79)67-42(27-32-11-4-3-5-12-32)51(78)69-44(31-82-83-56)53(80)66-40(15-8-9-23-57)50(77)65-39(47(59)74)16-10-24-62-55(60)61/h3-7,11-14,17-22,25,38-44,46,71-72H,8-10,15-16,23-24,26-31,57-58H2,1-2H3,(H2,59,74)(H,63,76)(H,64,73)(H,65,77)(H,66,80)(H,67,79)(H,68,81)(H,69,78)(H,70,75)(H4,60,61,62)/t38-,39-,40-,41+,42-,43-,44-,46+/m0/s1. The van der Waals surface area contributed by atoms with Crippen molar-refractivity contribution in [2.75, 3.05) is 32.0 Å². The minimum atomic E-state index is -1.66. The number of benzene rings is 4. The number of phenols is 1. The van der Waals surface area contributed by atoms with Gasteiger partial charge in [0, 0.05) is 29.9 Å². The van der Waals surface area contributed by atoms with E-state index in [2.05, 4.69) is 47.5 Å². The van der Waals surface area contributed by atoms with Crippen molar-refractivity contribution in [1.29, 1.82) is 0 Å². The number of nitrogens with one attached hydrogen (secondary N) is 8. The Morgan fingerprint density at radius 1 is 0.699 bits per heavy atom. The molecule has 27 heteroatoms. The number of phenolic OH excluding ortho intramolecular Hbond substituents is 1. The van der Waals surface area contributed by atoms with Crippen LogP contribution in [0.25, 0.3) is 10.8 Å². The largest absolute Gasteiger partial charge is 0.508 e. The molecule has 25 nitrogen and oxygen atoms in total. The van der Waals surface area contributed by atoms with E-state index in [1.54, 1.807) is 62.4 Å². The Hall–Kier alpha value is -7.98. The molecule has 1 saturated heterocycles. The van der Waals surface area contributed by atoms with Crippen molar-refractivity contribution in [2.24, 2.45) is 33.7 Å². The molecule has 20 N–H and O–H groups in total. The van der Waals surface area contributed by atoms with E-state index in [-0.39, 0.29) is 69.1 Å². The summed E-state index contributed by atoms with van der Waals surface area (Å²) in [4.78, 5) is 131. The van der Waals surface area contributed by atoms with Crippen molar-refractivity contribution in [2.45, 2.75) is 118 Å². The van der Waals surface area contributed by atoms with Crippen molar-refractivity contribution in [3.63, 3.8) is 0 Å². The Kier molecular flexibility index (Phi) is 25.9. The van der Waals surface area contributed by atoms with Crippen LogP contribution in [0.15, 0.2) is 102 Å². The van der Waals surface area contributed by atoms with Gasteiger partial charge in [0.05, 0.1) is 19.2 Å². The first-order valence-corrected chi connectivity index (χ1v) is 29.3. The van der Waals surface area contributed by atoms with Crippen molar-refractivity contribution in [1.82, 2.24) is 42.5 Å². The molecule has 1 aliphatic rings. The maximum Gasteiger partial charge on any atom is 0.245 e. The molecule has 0 bridgehead atoms. The lowest BCUT2D eigenvalue weighted by atomic mass is 9.98. The van der Waals surface area contributed by atoms with Crippen LogP contribution in [-0.4, -0.2) is 154 Å². The third kappa shape index (κ3) is 21.4. The lowest BCUT2D eigenvalue weighted by Gasteiger charge is -2.35. The maximum absolute atomic E-state index is 15.0. The van der Waals surface area contributed by atoms with Gasteiger partial charge in [0.1, 0.15) is 48.0 Å². The van der Waals surface area contributed by atoms with E-state index in [9.17, 15) is 53.4 Å². The first-order valence-electron chi connectivity index (χ1n) is 27.0. The van der Waals surface area contributed by atoms with Crippen LogP contribution in [0.4, 0.5) is 0 Å². The SMILES string of the molecule is CC1(C)SSC[C@@H](C(=O)N[C@@H](CCCCN)C(=O)N[C@@H](CCCN=C(N)N)C(N)=O)NC(=O)[C@H](Cc2ccccc2)NC(=O)[C@H](CO)NC(=O)CNC(=O)[C@@H](Cc2ccc3ccccc3c2)NC(=O)[C@H]1NC(=O)[C@@H](N)Cc1ccc(O)cc1. The molecule has 0 aliphatic carbocycles. The molecule has 0 spiro atoms. The average molecular weight is 1190 g/mol. The van der Waals surface area contributed by atoms with Gasteiger partial charge in [0.25, 0.3) is 0 Å². The predicted octanol–water partition coefficient (Wildman–Crippen LogP) is -1.76. The number of nitrogens with zero attached hydrogens (tertiary/aromatic N) is 1. The van der Waals surface area contributed by atoms with Gasteiger partial charge in [-0.1, -0.05) is 107 Å². The highest BCUT2D eigenvalue weighted by atomic mass is 33.1. The van der Waals surface area contributed by atoms with Crippen LogP contribution in [-0.2, 0) is 62.4 Å². The number of aliphatic hydroxyl groups excluding tert-OH is 1. The molecule has 1 heterocycles. The van der Waals surface area contributed by atoms with Gasteiger partial charge in [-0.25, -0.2) is 0 Å². The molecule has 4 aromatic carbocycles. The summed E-state index contributed by atoms with van der Waals surface area (Å²) in [5.74, 6) is -8.29. The number of hydrogen-bond donors (Lipinski definition) is 15. The number of fused-ring (bicyclic) bond motifs is 1. The minimum absolute atomic E-state index is 0.00651. The van der Waals surface area contributed by atoms with Crippen molar-refractivity contribution < 1.29 is 53.4 Å². The number of aliphatic hydroxyl groups is 1. The summed E-state index contributed by atoms with van der Waals surface area (Å²) in [7, 11) is 2.02. The number of primary amides is 1. The number of guanidine groups is 1. The van der Waals surface area contributed by atoms with Gasteiger partial charge >= 0.3 is 0 Å². The monoisotopic (exact) mass is 1180 g/mol.